The lowest BCUT2D eigenvalue weighted by molar-refractivity contribution is -0.130. The molecule has 0 aromatic heterocycles. The summed E-state index contributed by atoms with van der Waals surface area (Å²) in [5, 5.41) is 3.91. The lowest BCUT2D eigenvalue weighted by Gasteiger charge is -2.26. The predicted molar refractivity (Wildman–Crippen MR) is 80.4 cm³/mol. The summed E-state index contributed by atoms with van der Waals surface area (Å²) >= 11 is 6.16. The Morgan fingerprint density at radius 3 is 2.58 bits per heavy atom. The second-order valence-corrected chi connectivity index (χ2v) is 5.30. The van der Waals surface area contributed by atoms with Crippen LogP contribution < -0.4 is 5.32 Å². The molecule has 0 saturated heterocycles. The molecular formula is C15H23ClN2O. The van der Waals surface area contributed by atoms with Crippen LogP contribution in [0.15, 0.2) is 24.3 Å². The minimum Gasteiger partial charge on any atom is -0.338 e. The van der Waals surface area contributed by atoms with Gasteiger partial charge in [0.25, 0.3) is 0 Å². The van der Waals surface area contributed by atoms with Crippen LogP contribution in [0.3, 0.4) is 0 Å². The number of likely N-dealkylation sites (N-methyl/N-ethyl adjacent to an activating group) is 1. The molecule has 1 aromatic carbocycles. The average molecular weight is 283 g/mol. The molecule has 1 rings (SSSR count). The van der Waals surface area contributed by atoms with E-state index in [-0.39, 0.29) is 11.9 Å². The first-order valence-corrected chi connectivity index (χ1v) is 7.08. The average Bonchev–Trinajstić information content (AvgIpc) is 2.43. The summed E-state index contributed by atoms with van der Waals surface area (Å²) in [5.41, 5.74) is 0.976. The Hall–Kier alpha value is -1.06. The first-order valence-electron chi connectivity index (χ1n) is 6.70. The highest BCUT2D eigenvalue weighted by Gasteiger charge is 2.19. The van der Waals surface area contributed by atoms with Crippen LogP contribution in [0.1, 0.15) is 38.8 Å². The summed E-state index contributed by atoms with van der Waals surface area (Å²) in [6.07, 6.45) is 1.01. The van der Waals surface area contributed by atoms with E-state index in [1.54, 1.807) is 4.90 Å². The monoisotopic (exact) mass is 282 g/mol. The van der Waals surface area contributed by atoms with Crippen LogP contribution in [0.25, 0.3) is 0 Å². The Morgan fingerprint density at radius 2 is 2.00 bits per heavy atom. The third kappa shape index (κ3) is 4.51. The molecule has 0 aliphatic heterocycles. The molecule has 0 aliphatic rings. The van der Waals surface area contributed by atoms with Gasteiger partial charge in [-0.15, -0.1) is 0 Å². The molecule has 0 radical (unpaired) electrons. The van der Waals surface area contributed by atoms with Gasteiger partial charge in [-0.3, -0.25) is 4.79 Å². The molecule has 0 fully saturated rings. The van der Waals surface area contributed by atoms with Crippen molar-refractivity contribution in [2.45, 2.75) is 39.3 Å². The predicted octanol–water partition coefficient (Wildman–Crippen LogP) is 3.25. The van der Waals surface area contributed by atoms with E-state index in [2.05, 4.69) is 19.2 Å². The number of nitrogens with one attached hydrogen (secondary N) is 1. The van der Waals surface area contributed by atoms with Crippen molar-refractivity contribution in [2.24, 2.45) is 0 Å². The fourth-order valence-corrected chi connectivity index (χ4v) is 2.06. The van der Waals surface area contributed by atoms with Crippen LogP contribution in [0.5, 0.6) is 0 Å². The topological polar surface area (TPSA) is 32.3 Å². The Morgan fingerprint density at radius 1 is 1.37 bits per heavy atom. The van der Waals surface area contributed by atoms with E-state index in [0.29, 0.717) is 17.6 Å². The van der Waals surface area contributed by atoms with Crippen molar-refractivity contribution in [1.82, 2.24) is 10.2 Å². The smallest absolute Gasteiger partial charge is 0.236 e. The summed E-state index contributed by atoms with van der Waals surface area (Å²) in [6.45, 7) is 6.52. The van der Waals surface area contributed by atoms with Crippen LogP contribution in [0.4, 0.5) is 0 Å². The summed E-state index contributed by atoms with van der Waals surface area (Å²) < 4.78 is 0. The van der Waals surface area contributed by atoms with E-state index < -0.39 is 0 Å². The molecule has 1 amide bonds. The third-order valence-electron chi connectivity index (χ3n) is 3.54. The summed E-state index contributed by atoms with van der Waals surface area (Å²) in [5.74, 6) is 0.0766. The van der Waals surface area contributed by atoms with Gasteiger partial charge in [-0.05, 0) is 31.9 Å². The van der Waals surface area contributed by atoms with Crippen molar-refractivity contribution in [1.29, 1.82) is 0 Å². The molecular weight excluding hydrogens is 260 g/mol. The van der Waals surface area contributed by atoms with Gasteiger partial charge in [0.1, 0.15) is 0 Å². The Labute approximate surface area is 120 Å². The molecule has 2 atom stereocenters. The Bertz CT molecular complexity index is 422. The fraction of sp³-hybridized carbons (Fsp3) is 0.533. The van der Waals surface area contributed by atoms with Crippen molar-refractivity contribution in [3.05, 3.63) is 34.9 Å². The first-order chi connectivity index (χ1) is 8.97. The Balaban J connectivity index is 2.64. The van der Waals surface area contributed by atoms with Crippen LogP contribution >= 0.6 is 11.6 Å². The van der Waals surface area contributed by atoms with Crippen molar-refractivity contribution in [2.75, 3.05) is 13.6 Å². The maximum Gasteiger partial charge on any atom is 0.236 e. The van der Waals surface area contributed by atoms with Gasteiger partial charge in [-0.25, -0.2) is 0 Å². The SMILES string of the molecule is CCC(C)NCC(=O)N(C)C(C)c1ccccc1Cl. The highest BCUT2D eigenvalue weighted by atomic mass is 35.5. The largest absolute Gasteiger partial charge is 0.338 e. The van der Waals surface area contributed by atoms with Gasteiger partial charge in [0.15, 0.2) is 0 Å². The number of rotatable bonds is 6. The van der Waals surface area contributed by atoms with E-state index in [9.17, 15) is 4.79 Å². The zero-order valence-corrected chi connectivity index (χ0v) is 12.9. The van der Waals surface area contributed by atoms with Crippen LogP contribution in [0, 0.1) is 0 Å². The minimum absolute atomic E-state index is 0.0278. The van der Waals surface area contributed by atoms with Gasteiger partial charge >= 0.3 is 0 Å². The van der Waals surface area contributed by atoms with Crippen molar-refractivity contribution >= 4 is 17.5 Å². The lowest BCUT2D eigenvalue weighted by atomic mass is 10.1. The quantitative estimate of drug-likeness (QED) is 0.869. The summed E-state index contributed by atoms with van der Waals surface area (Å²) in [4.78, 5) is 13.8. The molecule has 3 nitrogen and oxygen atoms in total. The molecule has 0 aliphatic carbocycles. The van der Waals surface area contributed by atoms with Gasteiger partial charge in [-0.2, -0.15) is 0 Å². The van der Waals surface area contributed by atoms with E-state index in [1.165, 1.54) is 0 Å². The van der Waals surface area contributed by atoms with E-state index >= 15 is 0 Å². The standard InChI is InChI=1S/C15H23ClN2O/c1-5-11(2)17-10-15(19)18(4)12(3)13-8-6-7-9-14(13)16/h6-9,11-12,17H,5,10H2,1-4H3. The number of halogens is 1. The zero-order chi connectivity index (χ0) is 14.4. The van der Waals surface area contributed by atoms with Crippen LogP contribution in [-0.4, -0.2) is 30.4 Å². The maximum atomic E-state index is 12.1. The molecule has 0 bridgehead atoms. The number of hydrogen-bond donors (Lipinski definition) is 1. The summed E-state index contributed by atoms with van der Waals surface area (Å²) in [6, 6.07) is 7.97. The highest BCUT2D eigenvalue weighted by molar-refractivity contribution is 6.31. The zero-order valence-electron chi connectivity index (χ0n) is 12.1. The molecule has 19 heavy (non-hydrogen) atoms. The van der Waals surface area contributed by atoms with E-state index in [0.717, 1.165) is 12.0 Å². The summed E-state index contributed by atoms with van der Waals surface area (Å²) in [7, 11) is 1.81. The first kappa shape index (κ1) is 16.0. The maximum absolute atomic E-state index is 12.1. The van der Waals surface area contributed by atoms with E-state index in [1.807, 2.05) is 38.2 Å². The number of nitrogens with zero attached hydrogens (tertiary/aromatic N) is 1. The number of hydrogen-bond acceptors (Lipinski definition) is 2. The molecule has 106 valence electrons. The van der Waals surface area contributed by atoms with Crippen LogP contribution in [0.2, 0.25) is 5.02 Å². The molecule has 4 heteroatoms. The van der Waals surface area contributed by atoms with Gasteiger partial charge < -0.3 is 10.2 Å². The molecule has 0 saturated carbocycles. The third-order valence-corrected chi connectivity index (χ3v) is 3.89. The van der Waals surface area contributed by atoms with Gasteiger partial charge in [0, 0.05) is 18.1 Å². The van der Waals surface area contributed by atoms with Crippen molar-refractivity contribution < 1.29 is 4.79 Å². The molecule has 2 unspecified atom stereocenters. The van der Waals surface area contributed by atoms with Crippen LogP contribution in [-0.2, 0) is 4.79 Å². The fourth-order valence-electron chi connectivity index (χ4n) is 1.77. The lowest BCUT2D eigenvalue weighted by Crippen LogP contribution is -2.40. The number of carbonyl (C=O) groups excluding carboxylic acids is 1. The van der Waals surface area contributed by atoms with E-state index in [4.69, 9.17) is 11.6 Å². The Kier molecular flexibility index (Phi) is 6.32. The number of benzene rings is 1. The van der Waals surface area contributed by atoms with Crippen molar-refractivity contribution in [3.8, 4) is 0 Å². The second-order valence-electron chi connectivity index (χ2n) is 4.89. The van der Waals surface area contributed by atoms with Gasteiger partial charge in [0.05, 0.1) is 12.6 Å². The molecule has 0 spiro atoms. The normalized spacial score (nSPS) is 13.9. The molecule has 1 N–H and O–H groups in total. The van der Waals surface area contributed by atoms with Gasteiger partial charge in [0.2, 0.25) is 5.91 Å². The molecule has 0 heterocycles. The molecule has 1 aromatic rings. The second kappa shape index (κ2) is 7.51. The van der Waals surface area contributed by atoms with Gasteiger partial charge in [-0.1, -0.05) is 36.7 Å². The number of amides is 1. The minimum atomic E-state index is -0.0278. The highest BCUT2D eigenvalue weighted by Crippen LogP contribution is 2.25. The van der Waals surface area contributed by atoms with Crippen molar-refractivity contribution in [3.63, 3.8) is 0 Å². The number of carbonyl (C=O) groups is 1.